The number of ether oxygens (including phenoxy) is 3. The zero-order chi connectivity index (χ0) is 26.9. The fraction of sp³-hybridized carbons (Fsp3) is 0.429. The molecule has 0 amide bonds. The van der Waals surface area contributed by atoms with Crippen LogP contribution in [-0.2, 0) is 14.2 Å². The summed E-state index contributed by atoms with van der Waals surface area (Å²) in [6.07, 6.45) is 1.92. The van der Waals surface area contributed by atoms with Gasteiger partial charge in [0.15, 0.2) is 0 Å². The number of morpholine rings is 1. The fourth-order valence-electron chi connectivity index (χ4n) is 8.98. The van der Waals surface area contributed by atoms with Crippen LogP contribution in [0.4, 0.5) is 0 Å². The largest absolute Gasteiger partial charge is 0.500 e. The molecular formula is C35H39NO3. The minimum absolute atomic E-state index is 0.112. The van der Waals surface area contributed by atoms with E-state index in [2.05, 4.69) is 86.3 Å². The lowest BCUT2D eigenvalue weighted by atomic mass is 9.67. The maximum Gasteiger partial charge on any atom is 0.126 e. The molecule has 2 bridgehead atoms. The maximum atomic E-state index is 6.91. The molecule has 1 saturated heterocycles. The quantitative estimate of drug-likeness (QED) is 0.401. The SMILES string of the molecule is COC1=C2C(=C(C)[C@@H]1c1ccccc1)[C@@]1(C)C3=C(CC(C)=C(N4CCOCC4)C3)[C@]2(OC)[C@H]1c1ccccc1. The Kier molecular flexibility index (Phi) is 5.73. The topological polar surface area (TPSA) is 30.9 Å². The van der Waals surface area contributed by atoms with Crippen molar-refractivity contribution in [3.8, 4) is 0 Å². The molecule has 7 rings (SSSR count). The van der Waals surface area contributed by atoms with Crippen LogP contribution in [0.25, 0.3) is 0 Å². The fourth-order valence-corrected chi connectivity index (χ4v) is 8.98. The number of allylic oxidation sites excluding steroid dienone is 3. The Morgan fingerprint density at radius 1 is 0.821 bits per heavy atom. The number of benzene rings is 2. The Labute approximate surface area is 232 Å². The summed E-state index contributed by atoms with van der Waals surface area (Å²) in [5, 5.41) is 0. The van der Waals surface area contributed by atoms with Crippen LogP contribution >= 0.6 is 0 Å². The molecule has 4 nitrogen and oxygen atoms in total. The van der Waals surface area contributed by atoms with Gasteiger partial charge >= 0.3 is 0 Å². The monoisotopic (exact) mass is 521 g/mol. The highest BCUT2D eigenvalue weighted by atomic mass is 16.5. The van der Waals surface area contributed by atoms with Crippen molar-refractivity contribution < 1.29 is 14.2 Å². The van der Waals surface area contributed by atoms with Gasteiger partial charge in [0.05, 0.1) is 26.2 Å². The minimum Gasteiger partial charge on any atom is -0.500 e. The highest BCUT2D eigenvalue weighted by molar-refractivity contribution is 5.77. The first-order valence-corrected chi connectivity index (χ1v) is 14.4. The van der Waals surface area contributed by atoms with E-state index in [1.54, 1.807) is 5.57 Å². The highest BCUT2D eigenvalue weighted by Gasteiger charge is 2.73. The molecule has 202 valence electrons. The van der Waals surface area contributed by atoms with Gasteiger partial charge in [-0.3, -0.25) is 0 Å². The van der Waals surface area contributed by atoms with Gasteiger partial charge in [0.25, 0.3) is 0 Å². The van der Waals surface area contributed by atoms with Crippen molar-refractivity contribution in [1.82, 2.24) is 4.90 Å². The Balaban J connectivity index is 1.48. The number of rotatable bonds is 5. The molecule has 4 atom stereocenters. The molecule has 0 aromatic heterocycles. The van der Waals surface area contributed by atoms with E-state index in [9.17, 15) is 0 Å². The van der Waals surface area contributed by atoms with Gasteiger partial charge in [0.2, 0.25) is 0 Å². The lowest BCUT2D eigenvalue weighted by Crippen LogP contribution is -2.40. The van der Waals surface area contributed by atoms with Crippen LogP contribution in [0.2, 0.25) is 0 Å². The maximum absolute atomic E-state index is 6.91. The van der Waals surface area contributed by atoms with E-state index in [-0.39, 0.29) is 17.3 Å². The number of nitrogens with zero attached hydrogens (tertiary/aromatic N) is 1. The van der Waals surface area contributed by atoms with Crippen molar-refractivity contribution in [2.75, 3.05) is 40.5 Å². The summed E-state index contributed by atoms with van der Waals surface area (Å²) in [6, 6.07) is 21.9. The normalized spacial score (nSPS) is 31.9. The predicted octanol–water partition coefficient (Wildman–Crippen LogP) is 6.90. The Hall–Kier alpha value is -3.08. The molecule has 0 unspecified atom stereocenters. The second kappa shape index (κ2) is 8.97. The molecule has 2 fully saturated rings. The van der Waals surface area contributed by atoms with E-state index in [0.29, 0.717) is 0 Å². The van der Waals surface area contributed by atoms with Crippen molar-refractivity contribution in [3.05, 3.63) is 117 Å². The summed E-state index contributed by atoms with van der Waals surface area (Å²) in [4.78, 5) is 2.58. The third kappa shape index (κ3) is 3.13. The molecule has 4 aliphatic carbocycles. The van der Waals surface area contributed by atoms with Crippen LogP contribution in [0.3, 0.4) is 0 Å². The van der Waals surface area contributed by atoms with Crippen molar-refractivity contribution in [1.29, 1.82) is 0 Å². The number of fused-ring (bicyclic) bond motifs is 7. The van der Waals surface area contributed by atoms with Crippen molar-refractivity contribution >= 4 is 0 Å². The first kappa shape index (κ1) is 24.9. The van der Waals surface area contributed by atoms with Gasteiger partial charge in [-0.05, 0) is 48.1 Å². The predicted molar refractivity (Wildman–Crippen MR) is 154 cm³/mol. The zero-order valence-corrected chi connectivity index (χ0v) is 23.8. The average Bonchev–Trinajstić information content (AvgIpc) is 3.50. The number of hydrogen-bond donors (Lipinski definition) is 0. The Bertz CT molecular complexity index is 1440. The van der Waals surface area contributed by atoms with Gasteiger partial charge in [-0.2, -0.15) is 0 Å². The van der Waals surface area contributed by atoms with Gasteiger partial charge in [0.1, 0.15) is 11.4 Å². The molecule has 1 saturated carbocycles. The Morgan fingerprint density at radius 2 is 1.46 bits per heavy atom. The van der Waals surface area contributed by atoms with E-state index >= 15 is 0 Å². The van der Waals surface area contributed by atoms with Gasteiger partial charge in [-0.15, -0.1) is 0 Å². The average molecular weight is 522 g/mol. The van der Waals surface area contributed by atoms with Crippen LogP contribution in [0, 0.1) is 5.41 Å². The van der Waals surface area contributed by atoms with Crippen molar-refractivity contribution in [2.24, 2.45) is 5.41 Å². The summed E-state index contributed by atoms with van der Waals surface area (Å²) in [5.74, 6) is 1.34. The molecule has 2 aromatic rings. The summed E-state index contributed by atoms with van der Waals surface area (Å²) in [6.45, 7) is 10.7. The van der Waals surface area contributed by atoms with E-state index in [1.807, 2.05) is 14.2 Å². The molecule has 1 heterocycles. The van der Waals surface area contributed by atoms with Crippen LogP contribution < -0.4 is 0 Å². The molecule has 0 spiro atoms. The van der Waals surface area contributed by atoms with Gasteiger partial charge < -0.3 is 19.1 Å². The third-order valence-electron chi connectivity index (χ3n) is 10.4. The lowest BCUT2D eigenvalue weighted by molar-refractivity contribution is 0.0347. The molecular weight excluding hydrogens is 482 g/mol. The first-order chi connectivity index (χ1) is 19.0. The van der Waals surface area contributed by atoms with E-state index < -0.39 is 5.60 Å². The third-order valence-corrected chi connectivity index (χ3v) is 10.4. The molecule has 4 heteroatoms. The van der Waals surface area contributed by atoms with Crippen LogP contribution in [0.1, 0.15) is 56.6 Å². The van der Waals surface area contributed by atoms with Gasteiger partial charge in [-0.25, -0.2) is 0 Å². The first-order valence-electron chi connectivity index (χ1n) is 14.4. The summed E-state index contributed by atoms with van der Waals surface area (Å²) in [5.41, 5.74) is 12.0. The molecule has 1 aliphatic heterocycles. The Morgan fingerprint density at radius 3 is 2.08 bits per heavy atom. The smallest absolute Gasteiger partial charge is 0.126 e. The van der Waals surface area contributed by atoms with Crippen LogP contribution in [0.5, 0.6) is 0 Å². The lowest BCUT2D eigenvalue weighted by Gasteiger charge is -2.41. The molecule has 2 aromatic carbocycles. The summed E-state index contributed by atoms with van der Waals surface area (Å²) < 4.78 is 19.0. The highest BCUT2D eigenvalue weighted by Crippen LogP contribution is 2.78. The zero-order valence-electron chi connectivity index (χ0n) is 23.8. The minimum atomic E-state index is -0.547. The molecule has 39 heavy (non-hydrogen) atoms. The molecule has 5 aliphatic rings. The summed E-state index contributed by atoms with van der Waals surface area (Å²) in [7, 11) is 3.78. The van der Waals surface area contributed by atoms with Crippen molar-refractivity contribution in [3.63, 3.8) is 0 Å². The molecule has 0 N–H and O–H groups in total. The number of hydrogen-bond acceptors (Lipinski definition) is 4. The van der Waals surface area contributed by atoms with E-state index in [0.717, 1.165) is 44.9 Å². The van der Waals surface area contributed by atoms with Crippen LogP contribution in [0.15, 0.2) is 106 Å². The second-order valence-corrected chi connectivity index (χ2v) is 12.0. The van der Waals surface area contributed by atoms with Crippen LogP contribution in [-0.4, -0.2) is 51.0 Å². The standard InChI is InChI=1S/C35H39NO3/c1-22-20-27-26(21-28(22)36-16-18-39-19-17-36)34(3)30-23(2)29(24-12-8-6-9-13-24)32(37-4)31(30)35(27,38-5)33(34)25-14-10-7-11-15-25/h6-15,29,33H,16-21H2,1-5H3/t29-,33+,34-,35-/m1/s1. The van der Waals surface area contributed by atoms with Crippen molar-refractivity contribution in [2.45, 2.75) is 51.0 Å². The second-order valence-electron chi connectivity index (χ2n) is 12.0. The van der Waals surface area contributed by atoms with E-state index in [4.69, 9.17) is 14.2 Å². The van der Waals surface area contributed by atoms with Gasteiger partial charge in [0, 0.05) is 49.2 Å². The summed E-state index contributed by atoms with van der Waals surface area (Å²) >= 11 is 0. The van der Waals surface area contributed by atoms with E-state index in [1.165, 1.54) is 44.7 Å². The van der Waals surface area contributed by atoms with Gasteiger partial charge in [-0.1, -0.05) is 78.7 Å². The number of methoxy groups -OCH3 is 2. The molecule has 0 radical (unpaired) electrons.